The van der Waals surface area contributed by atoms with Crippen molar-refractivity contribution in [1.82, 2.24) is 19.9 Å². The fraction of sp³-hybridized carbons (Fsp3) is 0.500. The van der Waals surface area contributed by atoms with Crippen LogP contribution in [0.5, 0.6) is 0 Å². The van der Waals surface area contributed by atoms with E-state index in [1.165, 1.54) is 0 Å². The molecule has 0 spiro atoms. The first kappa shape index (κ1) is 20.6. The van der Waals surface area contributed by atoms with E-state index in [4.69, 9.17) is 16.7 Å². The van der Waals surface area contributed by atoms with Crippen LogP contribution in [0.4, 0.5) is 17.6 Å². The third-order valence-electron chi connectivity index (χ3n) is 5.38. The monoisotopic (exact) mass is 431 g/mol. The number of nitrogens with zero attached hydrogens (tertiary/aromatic N) is 6. The molecule has 2 fully saturated rings. The molecule has 2 aromatic heterocycles. The average molecular weight is 432 g/mol. The Bertz CT molecular complexity index is 883. The maximum atomic E-state index is 12.6. The predicted octanol–water partition coefficient (Wildman–Crippen LogP) is 1.49. The van der Waals surface area contributed by atoms with E-state index in [0.29, 0.717) is 34.7 Å². The van der Waals surface area contributed by atoms with Crippen molar-refractivity contribution in [3.8, 4) is 0 Å². The largest absolute Gasteiger partial charge is 0.395 e. The predicted molar refractivity (Wildman–Crippen MR) is 116 cm³/mol. The van der Waals surface area contributed by atoms with Crippen molar-refractivity contribution in [1.29, 1.82) is 0 Å². The van der Waals surface area contributed by atoms with Gasteiger partial charge in [-0.25, -0.2) is 9.97 Å². The van der Waals surface area contributed by atoms with Gasteiger partial charge in [-0.15, -0.1) is 0 Å². The minimum absolute atomic E-state index is 0.00473. The summed E-state index contributed by atoms with van der Waals surface area (Å²) in [7, 11) is 0. The molecule has 2 aromatic rings. The van der Waals surface area contributed by atoms with Crippen LogP contribution in [0.25, 0.3) is 0 Å². The van der Waals surface area contributed by atoms with Crippen molar-refractivity contribution < 1.29 is 9.90 Å². The molecule has 0 aromatic carbocycles. The molecule has 1 amide bonds. The van der Waals surface area contributed by atoms with Crippen LogP contribution < -0.4 is 15.1 Å². The number of rotatable bonds is 6. The molecule has 0 aliphatic carbocycles. The zero-order valence-corrected chi connectivity index (χ0v) is 17.6. The summed E-state index contributed by atoms with van der Waals surface area (Å²) in [6, 6.07) is 3.51. The Morgan fingerprint density at radius 3 is 2.53 bits per heavy atom. The highest BCUT2D eigenvalue weighted by Gasteiger charge is 2.24. The first-order valence-electron chi connectivity index (χ1n) is 10.3. The number of nitrogens with one attached hydrogen (secondary N) is 1. The number of carbonyl (C=O) groups excluding carboxylic acids is 1. The van der Waals surface area contributed by atoms with Gasteiger partial charge in [0.15, 0.2) is 0 Å². The van der Waals surface area contributed by atoms with Crippen LogP contribution in [0, 0.1) is 0 Å². The smallest absolute Gasteiger partial charge is 0.255 e. The van der Waals surface area contributed by atoms with Crippen molar-refractivity contribution in [3.05, 3.63) is 35.1 Å². The number of halogens is 1. The molecule has 30 heavy (non-hydrogen) atoms. The molecule has 9 nitrogen and oxygen atoms in total. The minimum Gasteiger partial charge on any atom is -0.395 e. The Morgan fingerprint density at radius 1 is 1.10 bits per heavy atom. The second-order valence-electron chi connectivity index (χ2n) is 7.40. The van der Waals surface area contributed by atoms with Crippen molar-refractivity contribution in [2.24, 2.45) is 0 Å². The van der Waals surface area contributed by atoms with E-state index in [2.05, 4.69) is 30.1 Å². The number of amides is 1. The molecule has 2 N–H and O–H groups in total. The zero-order chi connectivity index (χ0) is 20.9. The van der Waals surface area contributed by atoms with Crippen molar-refractivity contribution >= 4 is 35.1 Å². The van der Waals surface area contributed by atoms with E-state index in [0.717, 1.165) is 52.1 Å². The van der Waals surface area contributed by atoms with E-state index < -0.39 is 0 Å². The van der Waals surface area contributed by atoms with Gasteiger partial charge >= 0.3 is 0 Å². The number of piperazine rings is 1. The lowest BCUT2D eigenvalue weighted by Gasteiger charge is -2.35. The van der Waals surface area contributed by atoms with Crippen molar-refractivity contribution in [3.63, 3.8) is 0 Å². The molecular formula is C20H26ClN7O2. The summed E-state index contributed by atoms with van der Waals surface area (Å²) in [5, 5.41) is 12.5. The molecule has 160 valence electrons. The van der Waals surface area contributed by atoms with Gasteiger partial charge in [0.2, 0.25) is 5.95 Å². The summed E-state index contributed by atoms with van der Waals surface area (Å²) in [5.41, 5.74) is 0.546. The summed E-state index contributed by atoms with van der Waals surface area (Å²) in [6.07, 6.45) is 5.45. The fourth-order valence-corrected chi connectivity index (χ4v) is 4.07. The topological polar surface area (TPSA) is 97.7 Å². The number of likely N-dealkylation sites (tertiary alicyclic amines) is 1. The summed E-state index contributed by atoms with van der Waals surface area (Å²) >= 11 is 6.49. The minimum atomic E-state index is 0.00473. The average Bonchev–Trinajstić information content (AvgIpc) is 3.32. The first-order valence-corrected chi connectivity index (χ1v) is 10.7. The first-order chi connectivity index (χ1) is 14.7. The molecule has 0 radical (unpaired) electrons. The van der Waals surface area contributed by atoms with Gasteiger partial charge in [-0.05, 0) is 25.0 Å². The molecule has 4 heterocycles. The number of anilines is 3. The van der Waals surface area contributed by atoms with Crippen LogP contribution >= 0.6 is 11.6 Å². The molecule has 2 aliphatic rings. The lowest BCUT2D eigenvalue weighted by atomic mass is 10.2. The molecule has 0 atom stereocenters. The van der Waals surface area contributed by atoms with Gasteiger partial charge in [-0.2, -0.15) is 4.98 Å². The van der Waals surface area contributed by atoms with Gasteiger partial charge in [0, 0.05) is 58.2 Å². The number of carbonyl (C=O) groups is 1. The highest BCUT2D eigenvalue weighted by atomic mass is 35.5. The standard InChI is InChI=1S/C20H26ClN7O2/c21-16-13-15(19(30)27-6-1-2-7-27)14-24-18(16)26-8-10-28(11-9-26)20-23-4-3-17(25-20)22-5-12-29/h3-4,13-14,29H,1-2,5-12H2,(H,22,23,25). The Balaban J connectivity index is 1.38. The number of hydrogen-bond donors (Lipinski definition) is 2. The summed E-state index contributed by atoms with van der Waals surface area (Å²) in [5.74, 6) is 2.06. The normalized spacial score (nSPS) is 16.8. The lowest BCUT2D eigenvalue weighted by molar-refractivity contribution is 0.0792. The maximum absolute atomic E-state index is 12.6. The molecule has 0 unspecified atom stereocenters. The number of aliphatic hydroxyl groups excluding tert-OH is 1. The Kier molecular flexibility index (Phi) is 6.49. The summed E-state index contributed by atoms with van der Waals surface area (Å²) < 4.78 is 0. The zero-order valence-electron chi connectivity index (χ0n) is 16.8. The van der Waals surface area contributed by atoms with Crippen LogP contribution in [0.15, 0.2) is 24.5 Å². The second-order valence-corrected chi connectivity index (χ2v) is 7.80. The van der Waals surface area contributed by atoms with E-state index in [1.807, 2.05) is 4.90 Å². The van der Waals surface area contributed by atoms with Crippen LogP contribution in [0.2, 0.25) is 5.02 Å². The van der Waals surface area contributed by atoms with Crippen LogP contribution in [0.3, 0.4) is 0 Å². The highest BCUT2D eigenvalue weighted by Crippen LogP contribution is 2.27. The fourth-order valence-electron chi connectivity index (χ4n) is 3.78. The Morgan fingerprint density at radius 2 is 1.83 bits per heavy atom. The van der Waals surface area contributed by atoms with Gasteiger partial charge in [0.1, 0.15) is 11.6 Å². The lowest BCUT2D eigenvalue weighted by Crippen LogP contribution is -2.47. The van der Waals surface area contributed by atoms with Crippen LogP contribution in [-0.2, 0) is 0 Å². The van der Waals surface area contributed by atoms with Gasteiger partial charge < -0.3 is 25.1 Å². The third-order valence-corrected chi connectivity index (χ3v) is 5.66. The van der Waals surface area contributed by atoms with Crippen LogP contribution in [-0.4, -0.2) is 83.3 Å². The quantitative estimate of drug-likeness (QED) is 0.710. The second kappa shape index (κ2) is 9.44. The van der Waals surface area contributed by atoms with Crippen LogP contribution in [0.1, 0.15) is 23.2 Å². The molecule has 2 aliphatic heterocycles. The number of aromatic nitrogens is 3. The van der Waals surface area contributed by atoms with Gasteiger partial charge in [-0.1, -0.05) is 11.6 Å². The number of hydrogen-bond acceptors (Lipinski definition) is 8. The number of pyridine rings is 1. The molecule has 10 heteroatoms. The Labute approximate surface area is 180 Å². The van der Waals surface area contributed by atoms with Gasteiger partial charge in [-0.3, -0.25) is 4.79 Å². The molecule has 2 saturated heterocycles. The maximum Gasteiger partial charge on any atom is 0.255 e. The molecule has 4 rings (SSSR count). The van der Waals surface area contributed by atoms with Crippen molar-refractivity contribution in [2.75, 3.05) is 67.5 Å². The highest BCUT2D eigenvalue weighted by molar-refractivity contribution is 6.33. The van der Waals surface area contributed by atoms with Crippen molar-refractivity contribution in [2.45, 2.75) is 12.8 Å². The third kappa shape index (κ3) is 4.57. The Hall–Kier alpha value is -2.65. The molecular weight excluding hydrogens is 406 g/mol. The molecule has 0 saturated carbocycles. The van der Waals surface area contributed by atoms with E-state index in [9.17, 15) is 4.79 Å². The summed E-state index contributed by atoms with van der Waals surface area (Å²) in [6.45, 7) is 5.02. The summed E-state index contributed by atoms with van der Waals surface area (Å²) in [4.78, 5) is 32.0. The van der Waals surface area contributed by atoms with Gasteiger partial charge in [0.25, 0.3) is 5.91 Å². The van der Waals surface area contributed by atoms with Gasteiger partial charge in [0.05, 0.1) is 17.2 Å². The molecule has 0 bridgehead atoms. The SMILES string of the molecule is O=C(c1cnc(N2CCN(c3nccc(NCCO)n3)CC2)c(Cl)c1)N1CCCC1. The van der Waals surface area contributed by atoms with E-state index >= 15 is 0 Å². The number of aliphatic hydroxyl groups is 1. The van der Waals surface area contributed by atoms with E-state index in [1.54, 1.807) is 24.5 Å². The van der Waals surface area contributed by atoms with E-state index in [-0.39, 0.29) is 12.5 Å².